The van der Waals surface area contributed by atoms with Gasteiger partial charge in [0.25, 0.3) is 5.92 Å². The van der Waals surface area contributed by atoms with Gasteiger partial charge in [-0.3, -0.25) is 10.1 Å². The molecule has 0 spiro atoms. The maximum Gasteiger partial charge on any atom is 0.262 e. The van der Waals surface area contributed by atoms with E-state index in [-0.39, 0.29) is 30.2 Å². The van der Waals surface area contributed by atoms with Crippen LogP contribution in [-0.4, -0.2) is 48.5 Å². The van der Waals surface area contributed by atoms with Gasteiger partial charge in [-0.15, -0.1) is 12.4 Å². The lowest BCUT2D eigenvalue weighted by molar-refractivity contribution is -0.135. The Kier molecular flexibility index (Phi) is 5.98. The van der Waals surface area contributed by atoms with Gasteiger partial charge in [-0.1, -0.05) is 0 Å². The minimum absolute atomic E-state index is 0. The van der Waals surface area contributed by atoms with Crippen LogP contribution >= 0.6 is 12.4 Å². The lowest BCUT2D eigenvalue weighted by Gasteiger charge is -2.33. The number of likely N-dealkylation sites (tertiary alicyclic amines) is 1. The van der Waals surface area contributed by atoms with Crippen molar-refractivity contribution in [3.8, 4) is 5.75 Å². The number of benzene rings is 1. The van der Waals surface area contributed by atoms with Crippen LogP contribution in [0.15, 0.2) is 24.3 Å². The zero-order chi connectivity index (χ0) is 16.4. The Bertz CT molecular complexity index is 563. The minimum atomic E-state index is -2.80. The van der Waals surface area contributed by atoms with E-state index in [0.29, 0.717) is 31.7 Å². The van der Waals surface area contributed by atoms with Crippen molar-refractivity contribution in [1.29, 1.82) is 0 Å². The van der Waals surface area contributed by atoms with Crippen molar-refractivity contribution in [2.45, 2.75) is 37.3 Å². The molecule has 1 aromatic rings. The number of amides is 1. The number of carbonyl (C=O) groups is 1. The third kappa shape index (κ3) is 4.54. The summed E-state index contributed by atoms with van der Waals surface area (Å²) in [6, 6.07) is 5.01. The number of rotatable bonds is 3. The van der Waals surface area contributed by atoms with E-state index in [1.807, 2.05) is 0 Å². The van der Waals surface area contributed by atoms with Gasteiger partial charge in [0.15, 0.2) is 0 Å². The Morgan fingerprint density at radius 1 is 1.21 bits per heavy atom. The zero-order valence-corrected chi connectivity index (χ0v) is 13.8. The van der Waals surface area contributed by atoms with Gasteiger partial charge in [0, 0.05) is 32.4 Å². The van der Waals surface area contributed by atoms with Crippen LogP contribution in [-0.2, 0) is 4.79 Å². The summed E-state index contributed by atoms with van der Waals surface area (Å²) < 4.78 is 45.0. The molecular weight excluding hydrogens is 345 g/mol. The number of carbonyl (C=O) groups excluding carboxylic acids is 1. The number of nitrogens with zero attached hydrogens (tertiary/aromatic N) is 1. The van der Waals surface area contributed by atoms with Crippen molar-refractivity contribution in [2.75, 3.05) is 19.6 Å². The highest BCUT2D eigenvalue weighted by atomic mass is 35.5. The lowest BCUT2D eigenvalue weighted by Crippen LogP contribution is -2.48. The summed E-state index contributed by atoms with van der Waals surface area (Å²) in [5.74, 6) is -2.79. The molecule has 4 nitrogen and oxygen atoms in total. The molecule has 1 unspecified atom stereocenters. The Labute approximate surface area is 144 Å². The fraction of sp³-hybridized carbons (Fsp3) is 0.562. The fourth-order valence-electron chi connectivity index (χ4n) is 3.01. The molecular formula is C16H20ClF3N2O2. The average molecular weight is 365 g/mol. The first-order valence-corrected chi connectivity index (χ1v) is 7.75. The number of piperidine rings is 1. The van der Waals surface area contributed by atoms with Gasteiger partial charge < -0.3 is 9.64 Å². The molecule has 0 aromatic heterocycles. The molecule has 1 N–H and O–H groups in total. The van der Waals surface area contributed by atoms with Crippen LogP contribution in [0.2, 0.25) is 0 Å². The van der Waals surface area contributed by atoms with Gasteiger partial charge in [-0.25, -0.2) is 13.2 Å². The fourth-order valence-corrected chi connectivity index (χ4v) is 3.01. The average Bonchev–Trinajstić information content (AvgIpc) is 2.90. The van der Waals surface area contributed by atoms with Crippen molar-refractivity contribution in [1.82, 2.24) is 10.2 Å². The van der Waals surface area contributed by atoms with Crippen molar-refractivity contribution < 1.29 is 22.7 Å². The largest absolute Gasteiger partial charge is 0.490 e. The van der Waals surface area contributed by atoms with Gasteiger partial charge in [0.2, 0.25) is 5.91 Å². The first-order chi connectivity index (χ1) is 10.9. The second-order valence-corrected chi connectivity index (χ2v) is 6.09. The van der Waals surface area contributed by atoms with E-state index in [0.717, 1.165) is 0 Å². The Balaban J connectivity index is 0.00000208. The molecule has 0 aliphatic carbocycles. The molecule has 0 radical (unpaired) electrons. The van der Waals surface area contributed by atoms with Crippen LogP contribution in [0.5, 0.6) is 5.75 Å². The Morgan fingerprint density at radius 2 is 1.83 bits per heavy atom. The molecule has 2 aliphatic heterocycles. The van der Waals surface area contributed by atoms with Crippen molar-refractivity contribution in [3.63, 3.8) is 0 Å². The highest BCUT2D eigenvalue weighted by Gasteiger charge is 2.43. The maximum atomic E-state index is 13.2. The second-order valence-electron chi connectivity index (χ2n) is 6.09. The third-order valence-electron chi connectivity index (χ3n) is 4.28. The normalized spacial score (nSPS) is 23.6. The predicted octanol–water partition coefficient (Wildman–Crippen LogP) is 2.61. The monoisotopic (exact) mass is 364 g/mol. The third-order valence-corrected chi connectivity index (χ3v) is 4.28. The summed E-state index contributed by atoms with van der Waals surface area (Å²) in [5.41, 5.74) is 0. The van der Waals surface area contributed by atoms with Crippen molar-refractivity contribution in [3.05, 3.63) is 30.1 Å². The van der Waals surface area contributed by atoms with Crippen LogP contribution in [0.1, 0.15) is 19.3 Å². The highest BCUT2D eigenvalue weighted by molar-refractivity contribution is 5.85. The maximum absolute atomic E-state index is 13.2. The smallest absolute Gasteiger partial charge is 0.262 e. The summed E-state index contributed by atoms with van der Waals surface area (Å²) in [7, 11) is 0. The van der Waals surface area contributed by atoms with Crippen LogP contribution in [0.4, 0.5) is 13.2 Å². The van der Waals surface area contributed by atoms with E-state index in [2.05, 4.69) is 5.32 Å². The van der Waals surface area contributed by atoms with Gasteiger partial charge in [-0.2, -0.15) is 0 Å². The van der Waals surface area contributed by atoms with Crippen molar-refractivity contribution >= 4 is 18.3 Å². The van der Waals surface area contributed by atoms with Crippen LogP contribution in [0.3, 0.4) is 0 Å². The summed E-state index contributed by atoms with van der Waals surface area (Å²) >= 11 is 0. The first-order valence-electron chi connectivity index (χ1n) is 7.75. The molecule has 1 amide bonds. The molecule has 2 saturated heterocycles. The quantitative estimate of drug-likeness (QED) is 0.896. The van der Waals surface area contributed by atoms with E-state index in [1.165, 1.54) is 12.1 Å². The van der Waals surface area contributed by atoms with Crippen LogP contribution < -0.4 is 10.1 Å². The number of halogens is 4. The number of nitrogens with one attached hydrogen (secondary N) is 1. The Hall–Kier alpha value is -1.47. The molecule has 1 aromatic carbocycles. The van der Waals surface area contributed by atoms with E-state index < -0.39 is 24.9 Å². The van der Waals surface area contributed by atoms with E-state index in [4.69, 9.17) is 4.74 Å². The molecule has 1 atom stereocenters. The summed E-state index contributed by atoms with van der Waals surface area (Å²) in [6.45, 7) is 0.524. The lowest BCUT2D eigenvalue weighted by atomic mass is 10.1. The summed E-state index contributed by atoms with van der Waals surface area (Å²) in [5, 5.41) is 2.59. The van der Waals surface area contributed by atoms with Gasteiger partial charge >= 0.3 is 0 Å². The first kappa shape index (κ1) is 18.9. The van der Waals surface area contributed by atoms with Gasteiger partial charge in [-0.05, 0) is 24.3 Å². The minimum Gasteiger partial charge on any atom is -0.490 e. The standard InChI is InChI=1S/C16H19F3N2O2.ClH/c17-11-1-3-12(4-2-11)23-13-5-7-21(8-6-13)15(22)14-9-16(18,19)10-20-14;/h1-4,13-14,20H,5-10H2;1H. The molecule has 0 bridgehead atoms. The summed E-state index contributed by atoms with van der Waals surface area (Å²) in [6.07, 6.45) is 0.776. The van der Waals surface area contributed by atoms with Crippen LogP contribution in [0.25, 0.3) is 0 Å². The van der Waals surface area contributed by atoms with Gasteiger partial charge in [0.1, 0.15) is 17.7 Å². The van der Waals surface area contributed by atoms with E-state index in [1.54, 1.807) is 17.0 Å². The number of hydrogen-bond donors (Lipinski definition) is 1. The van der Waals surface area contributed by atoms with E-state index in [9.17, 15) is 18.0 Å². The molecule has 3 rings (SSSR count). The molecule has 2 heterocycles. The topological polar surface area (TPSA) is 41.6 Å². The molecule has 2 fully saturated rings. The van der Waals surface area contributed by atoms with Gasteiger partial charge in [0.05, 0.1) is 12.6 Å². The SMILES string of the molecule is Cl.O=C(C1CC(F)(F)CN1)N1CCC(Oc2ccc(F)cc2)CC1. The van der Waals surface area contributed by atoms with E-state index >= 15 is 0 Å². The molecule has 24 heavy (non-hydrogen) atoms. The second kappa shape index (κ2) is 7.61. The zero-order valence-electron chi connectivity index (χ0n) is 13.0. The number of alkyl halides is 2. The number of ether oxygens (including phenoxy) is 1. The van der Waals surface area contributed by atoms with Crippen molar-refractivity contribution in [2.24, 2.45) is 0 Å². The Morgan fingerprint density at radius 3 is 2.38 bits per heavy atom. The highest BCUT2D eigenvalue weighted by Crippen LogP contribution is 2.27. The number of hydrogen-bond acceptors (Lipinski definition) is 3. The molecule has 0 saturated carbocycles. The molecule has 2 aliphatic rings. The summed E-state index contributed by atoms with van der Waals surface area (Å²) in [4.78, 5) is 13.9. The predicted molar refractivity (Wildman–Crippen MR) is 85.2 cm³/mol. The molecule has 134 valence electrons. The van der Waals surface area contributed by atoms with Crippen LogP contribution in [0, 0.1) is 5.82 Å². The molecule has 8 heteroatoms.